The number of amides is 2. The summed E-state index contributed by atoms with van der Waals surface area (Å²) in [6.07, 6.45) is 0.720. The lowest BCUT2D eigenvalue weighted by molar-refractivity contribution is -0.116. The van der Waals surface area contributed by atoms with Gasteiger partial charge >= 0.3 is 0 Å². The molecule has 2 rings (SSSR count). The van der Waals surface area contributed by atoms with E-state index in [-0.39, 0.29) is 35.7 Å². The Morgan fingerprint density at radius 3 is 2.12 bits per heavy atom. The van der Waals surface area contributed by atoms with Gasteiger partial charge in [-0.3, -0.25) is 9.59 Å². The predicted molar refractivity (Wildman–Crippen MR) is 122 cm³/mol. The van der Waals surface area contributed by atoms with E-state index in [1.807, 2.05) is 6.92 Å². The molecule has 0 fully saturated rings. The van der Waals surface area contributed by atoms with Crippen molar-refractivity contribution in [3.63, 3.8) is 0 Å². The van der Waals surface area contributed by atoms with Crippen LogP contribution in [0, 0.1) is 0 Å². The molecule has 0 aliphatic heterocycles. The maximum absolute atomic E-state index is 12.3. The van der Waals surface area contributed by atoms with Crippen LogP contribution in [0.4, 0.5) is 5.69 Å². The van der Waals surface area contributed by atoms with Crippen LogP contribution in [-0.4, -0.2) is 47.0 Å². The highest BCUT2D eigenvalue weighted by molar-refractivity contribution is 7.89. The number of carbonyl (C=O) groups is 2. The first-order valence-corrected chi connectivity index (χ1v) is 11.6. The van der Waals surface area contributed by atoms with Crippen LogP contribution in [0.2, 0.25) is 0 Å². The Labute approximate surface area is 188 Å². The van der Waals surface area contributed by atoms with E-state index in [0.29, 0.717) is 29.2 Å². The minimum Gasteiger partial charge on any atom is -0.497 e. The van der Waals surface area contributed by atoms with Crippen LogP contribution in [0.5, 0.6) is 11.5 Å². The summed E-state index contributed by atoms with van der Waals surface area (Å²) < 4.78 is 37.4. The molecular formula is C22H29N3O6S. The van der Waals surface area contributed by atoms with Crippen molar-refractivity contribution < 1.29 is 27.5 Å². The van der Waals surface area contributed by atoms with Crippen LogP contribution in [0.3, 0.4) is 0 Å². The van der Waals surface area contributed by atoms with E-state index in [1.54, 1.807) is 25.1 Å². The van der Waals surface area contributed by atoms with Gasteiger partial charge in [-0.2, -0.15) is 0 Å². The maximum Gasteiger partial charge on any atom is 0.251 e. The molecule has 32 heavy (non-hydrogen) atoms. The van der Waals surface area contributed by atoms with Crippen molar-refractivity contribution in [3.05, 3.63) is 48.0 Å². The van der Waals surface area contributed by atoms with Gasteiger partial charge in [0.1, 0.15) is 11.5 Å². The van der Waals surface area contributed by atoms with E-state index in [4.69, 9.17) is 9.47 Å². The highest BCUT2D eigenvalue weighted by atomic mass is 32.2. The van der Waals surface area contributed by atoms with E-state index in [1.165, 1.54) is 38.5 Å². The molecular weight excluding hydrogens is 434 g/mol. The maximum atomic E-state index is 12.3. The van der Waals surface area contributed by atoms with E-state index < -0.39 is 10.0 Å². The van der Waals surface area contributed by atoms with Crippen LogP contribution in [0.1, 0.15) is 37.0 Å². The molecule has 0 aliphatic carbocycles. The Hall–Kier alpha value is -3.11. The number of benzene rings is 2. The molecule has 0 heterocycles. The van der Waals surface area contributed by atoms with Gasteiger partial charge in [0.25, 0.3) is 5.91 Å². The standard InChI is InChI=1S/C22H29N3O6S/c1-5-15(2)25-32(28,29)20-8-6-17(7-9-20)24-21(26)10-11-23-22(27)16-12-18(30-3)14-19(13-16)31-4/h6-9,12-15,25H,5,10-11H2,1-4H3,(H,23,27)(H,24,26). The zero-order valence-corrected chi connectivity index (χ0v) is 19.4. The number of hydrogen-bond acceptors (Lipinski definition) is 6. The van der Waals surface area contributed by atoms with Crippen molar-refractivity contribution in [1.82, 2.24) is 10.0 Å². The van der Waals surface area contributed by atoms with Gasteiger partial charge in [-0.25, -0.2) is 13.1 Å². The highest BCUT2D eigenvalue weighted by Gasteiger charge is 2.16. The van der Waals surface area contributed by atoms with Crippen LogP contribution in [-0.2, 0) is 14.8 Å². The van der Waals surface area contributed by atoms with Gasteiger partial charge in [0, 0.05) is 36.3 Å². The lowest BCUT2D eigenvalue weighted by atomic mass is 10.2. The van der Waals surface area contributed by atoms with Crippen LogP contribution >= 0.6 is 0 Å². The fraction of sp³-hybridized carbons (Fsp3) is 0.364. The van der Waals surface area contributed by atoms with Gasteiger partial charge in [0.15, 0.2) is 0 Å². The number of rotatable bonds is 11. The number of hydrogen-bond donors (Lipinski definition) is 3. The molecule has 174 valence electrons. The number of nitrogens with one attached hydrogen (secondary N) is 3. The lowest BCUT2D eigenvalue weighted by Crippen LogP contribution is -2.32. The molecule has 0 spiro atoms. The summed E-state index contributed by atoms with van der Waals surface area (Å²) in [4.78, 5) is 24.6. The van der Waals surface area contributed by atoms with Crippen LogP contribution < -0.4 is 24.8 Å². The fourth-order valence-electron chi connectivity index (χ4n) is 2.69. The second kappa shape index (κ2) is 11.5. The lowest BCUT2D eigenvalue weighted by Gasteiger charge is -2.12. The number of ether oxygens (including phenoxy) is 2. The molecule has 10 heteroatoms. The second-order valence-corrected chi connectivity index (χ2v) is 8.82. The number of sulfonamides is 1. The van der Waals surface area contributed by atoms with Crippen molar-refractivity contribution in [2.45, 2.75) is 37.6 Å². The van der Waals surface area contributed by atoms with Gasteiger partial charge in [-0.05, 0) is 49.7 Å². The molecule has 0 aromatic heterocycles. The summed E-state index contributed by atoms with van der Waals surface area (Å²) in [6.45, 7) is 3.80. The largest absolute Gasteiger partial charge is 0.497 e. The first-order chi connectivity index (χ1) is 15.2. The van der Waals surface area contributed by atoms with E-state index >= 15 is 0 Å². The van der Waals surface area contributed by atoms with Crippen molar-refractivity contribution in [3.8, 4) is 11.5 Å². The fourth-order valence-corrected chi connectivity index (χ4v) is 4.01. The number of methoxy groups -OCH3 is 2. The van der Waals surface area contributed by atoms with Gasteiger partial charge < -0.3 is 20.1 Å². The van der Waals surface area contributed by atoms with Crippen LogP contribution in [0.25, 0.3) is 0 Å². The molecule has 0 saturated heterocycles. The van der Waals surface area contributed by atoms with Gasteiger partial charge in [0.05, 0.1) is 19.1 Å². The minimum absolute atomic E-state index is 0.0441. The predicted octanol–water partition coefficient (Wildman–Crippen LogP) is 2.54. The molecule has 0 bridgehead atoms. The highest BCUT2D eigenvalue weighted by Crippen LogP contribution is 2.22. The Morgan fingerprint density at radius 1 is 1.00 bits per heavy atom. The summed E-state index contributed by atoms with van der Waals surface area (Å²) in [7, 11) is -0.623. The Kier molecular flexibility index (Phi) is 9.03. The minimum atomic E-state index is -3.61. The average Bonchev–Trinajstić information content (AvgIpc) is 2.78. The van der Waals surface area contributed by atoms with Gasteiger partial charge in [-0.1, -0.05) is 6.92 Å². The first-order valence-electron chi connectivity index (χ1n) is 10.1. The van der Waals surface area contributed by atoms with Crippen molar-refractivity contribution in [1.29, 1.82) is 0 Å². The second-order valence-electron chi connectivity index (χ2n) is 7.11. The summed E-state index contributed by atoms with van der Waals surface area (Å²) >= 11 is 0. The van der Waals surface area contributed by atoms with Crippen LogP contribution in [0.15, 0.2) is 47.4 Å². The third-order valence-electron chi connectivity index (χ3n) is 4.67. The molecule has 2 aromatic rings. The molecule has 1 atom stereocenters. The summed E-state index contributed by atoms with van der Waals surface area (Å²) in [6, 6.07) is 10.5. The number of anilines is 1. The van der Waals surface area contributed by atoms with Gasteiger partial charge in [-0.15, -0.1) is 0 Å². The first kappa shape index (κ1) is 25.2. The SMILES string of the molecule is CCC(C)NS(=O)(=O)c1ccc(NC(=O)CCNC(=O)c2cc(OC)cc(OC)c2)cc1. The Balaban J connectivity index is 1.88. The molecule has 0 aliphatic rings. The summed E-state index contributed by atoms with van der Waals surface area (Å²) in [5, 5.41) is 5.35. The van der Waals surface area contributed by atoms with E-state index in [9.17, 15) is 18.0 Å². The molecule has 0 radical (unpaired) electrons. The smallest absolute Gasteiger partial charge is 0.251 e. The average molecular weight is 464 g/mol. The molecule has 3 N–H and O–H groups in total. The van der Waals surface area contributed by atoms with Crippen molar-refractivity contribution >= 4 is 27.5 Å². The summed E-state index contributed by atoms with van der Waals surface area (Å²) in [5.74, 6) is 0.286. The Morgan fingerprint density at radius 2 is 1.59 bits per heavy atom. The van der Waals surface area contributed by atoms with E-state index in [2.05, 4.69) is 15.4 Å². The topological polar surface area (TPSA) is 123 Å². The zero-order chi connectivity index (χ0) is 23.7. The third-order valence-corrected chi connectivity index (χ3v) is 6.27. The summed E-state index contributed by atoms with van der Waals surface area (Å²) in [5.41, 5.74) is 0.811. The normalized spacial score (nSPS) is 12.0. The zero-order valence-electron chi connectivity index (χ0n) is 18.6. The van der Waals surface area contributed by atoms with E-state index in [0.717, 1.165) is 0 Å². The van der Waals surface area contributed by atoms with Crippen molar-refractivity contribution in [2.24, 2.45) is 0 Å². The third kappa shape index (κ3) is 7.24. The molecule has 2 amide bonds. The Bertz CT molecular complexity index is 1020. The van der Waals surface area contributed by atoms with Crippen molar-refractivity contribution in [2.75, 3.05) is 26.1 Å². The quantitative estimate of drug-likeness (QED) is 0.471. The molecule has 0 saturated carbocycles. The monoisotopic (exact) mass is 463 g/mol. The molecule has 1 unspecified atom stereocenters. The molecule has 9 nitrogen and oxygen atoms in total. The molecule has 2 aromatic carbocycles. The van der Waals surface area contributed by atoms with Gasteiger partial charge in [0.2, 0.25) is 15.9 Å². The number of carbonyl (C=O) groups excluding carboxylic acids is 2.